The van der Waals surface area contributed by atoms with Crippen LogP contribution in [0.2, 0.25) is 0 Å². The van der Waals surface area contributed by atoms with E-state index in [4.69, 9.17) is 0 Å². The molecule has 0 spiro atoms. The number of thiazole rings is 1. The van der Waals surface area contributed by atoms with Crippen LogP contribution in [0.5, 0.6) is 0 Å². The maximum absolute atomic E-state index is 12.6. The van der Waals surface area contributed by atoms with Crippen LogP contribution in [0.1, 0.15) is 31.9 Å². The topological polar surface area (TPSA) is 75.6 Å². The fourth-order valence-electron chi connectivity index (χ4n) is 3.61. The summed E-state index contributed by atoms with van der Waals surface area (Å²) >= 11 is 1.49. The predicted molar refractivity (Wildman–Crippen MR) is 108 cm³/mol. The Morgan fingerprint density at radius 1 is 1.21 bits per heavy atom. The summed E-state index contributed by atoms with van der Waals surface area (Å²) in [5.41, 5.74) is 2.07. The van der Waals surface area contributed by atoms with Crippen LogP contribution in [0, 0.1) is 12.8 Å². The van der Waals surface area contributed by atoms with Gasteiger partial charge in [0, 0.05) is 12.2 Å². The highest BCUT2D eigenvalue weighted by Gasteiger charge is 2.28. The van der Waals surface area contributed by atoms with E-state index in [2.05, 4.69) is 37.5 Å². The minimum absolute atomic E-state index is 0.0418. The van der Waals surface area contributed by atoms with Gasteiger partial charge in [0.15, 0.2) is 0 Å². The standard InChI is InChI=1S/C19H21F3N6S/c1-10-3-4-12(7-10)26-16-15(17-27-13-8-23-6-5-14(13)29-17)11(2)25-18(28-16)24-9-19(20,21)22/h5-6,8,10,12H,3-4,7,9H2,1-2H3,(H2,24,25,26,28)/t10?,12-/m0/s1. The van der Waals surface area contributed by atoms with Crippen molar-refractivity contribution in [3.63, 3.8) is 0 Å². The number of nitrogens with zero attached hydrogens (tertiary/aromatic N) is 4. The third-order valence-electron chi connectivity index (χ3n) is 4.98. The second kappa shape index (κ2) is 7.74. The molecule has 0 saturated heterocycles. The van der Waals surface area contributed by atoms with Crippen LogP contribution < -0.4 is 10.6 Å². The summed E-state index contributed by atoms with van der Waals surface area (Å²) in [7, 11) is 0. The highest BCUT2D eigenvalue weighted by Crippen LogP contribution is 2.37. The van der Waals surface area contributed by atoms with Gasteiger partial charge in [-0.15, -0.1) is 11.3 Å². The van der Waals surface area contributed by atoms with Crippen molar-refractivity contribution in [3.8, 4) is 10.6 Å². The highest BCUT2D eigenvalue weighted by molar-refractivity contribution is 7.21. The minimum atomic E-state index is -4.34. The van der Waals surface area contributed by atoms with Crippen molar-refractivity contribution in [2.75, 3.05) is 17.2 Å². The van der Waals surface area contributed by atoms with E-state index in [0.29, 0.717) is 17.4 Å². The number of rotatable bonds is 5. The number of anilines is 2. The van der Waals surface area contributed by atoms with Crippen molar-refractivity contribution in [2.24, 2.45) is 5.92 Å². The predicted octanol–water partition coefficient (Wildman–Crippen LogP) is 5.03. The number of fused-ring (bicyclic) bond motifs is 1. The second-order valence-electron chi connectivity index (χ2n) is 7.45. The molecule has 0 radical (unpaired) electrons. The van der Waals surface area contributed by atoms with Gasteiger partial charge in [0.1, 0.15) is 22.9 Å². The summed E-state index contributed by atoms with van der Waals surface area (Å²) in [4.78, 5) is 17.4. The first-order valence-corrected chi connectivity index (χ1v) is 10.3. The monoisotopic (exact) mass is 422 g/mol. The molecule has 154 valence electrons. The van der Waals surface area contributed by atoms with Crippen LogP contribution in [0.15, 0.2) is 18.5 Å². The summed E-state index contributed by atoms with van der Waals surface area (Å²) in [5, 5.41) is 6.45. The Labute approximate surface area is 170 Å². The first-order valence-electron chi connectivity index (χ1n) is 9.45. The maximum atomic E-state index is 12.6. The lowest BCUT2D eigenvalue weighted by atomic mass is 10.1. The maximum Gasteiger partial charge on any atom is 0.405 e. The summed E-state index contributed by atoms with van der Waals surface area (Å²) < 4.78 is 38.9. The Morgan fingerprint density at radius 3 is 2.72 bits per heavy atom. The third kappa shape index (κ3) is 4.58. The molecule has 0 amide bonds. The van der Waals surface area contributed by atoms with Gasteiger partial charge in [-0.3, -0.25) is 4.98 Å². The fraction of sp³-hybridized carbons (Fsp3) is 0.474. The number of halogens is 3. The quantitative estimate of drug-likeness (QED) is 0.601. The molecule has 3 aromatic rings. The number of alkyl halides is 3. The van der Waals surface area contributed by atoms with E-state index in [1.165, 1.54) is 11.3 Å². The molecule has 1 aliphatic rings. The Morgan fingerprint density at radius 2 is 2.03 bits per heavy atom. The molecule has 0 aromatic carbocycles. The number of aryl methyl sites for hydroxylation is 1. The zero-order valence-corrected chi connectivity index (χ0v) is 16.9. The molecule has 1 unspecified atom stereocenters. The lowest BCUT2D eigenvalue weighted by Gasteiger charge is -2.18. The van der Waals surface area contributed by atoms with Crippen LogP contribution >= 0.6 is 11.3 Å². The van der Waals surface area contributed by atoms with Crippen molar-refractivity contribution in [2.45, 2.75) is 45.3 Å². The zero-order valence-electron chi connectivity index (χ0n) is 16.0. The van der Waals surface area contributed by atoms with Crippen molar-refractivity contribution < 1.29 is 13.2 Å². The molecule has 0 bridgehead atoms. The molecule has 2 N–H and O–H groups in total. The first-order chi connectivity index (χ1) is 13.8. The van der Waals surface area contributed by atoms with E-state index in [-0.39, 0.29) is 12.0 Å². The van der Waals surface area contributed by atoms with Gasteiger partial charge < -0.3 is 10.6 Å². The van der Waals surface area contributed by atoms with Crippen molar-refractivity contribution in [1.82, 2.24) is 19.9 Å². The molecule has 6 nitrogen and oxygen atoms in total. The molecule has 1 fully saturated rings. The SMILES string of the molecule is Cc1nc(NCC(F)(F)F)nc(N[C@H]2CCC(C)C2)c1-c1nc2cnccc2s1. The zero-order chi connectivity index (χ0) is 20.6. The van der Waals surface area contributed by atoms with Gasteiger partial charge in [0.2, 0.25) is 5.95 Å². The fourth-order valence-corrected chi connectivity index (χ4v) is 4.64. The van der Waals surface area contributed by atoms with E-state index in [0.717, 1.165) is 40.1 Å². The van der Waals surface area contributed by atoms with Gasteiger partial charge in [0.05, 0.1) is 22.2 Å². The smallest absolute Gasteiger partial charge is 0.367 e. The van der Waals surface area contributed by atoms with Gasteiger partial charge in [-0.2, -0.15) is 18.2 Å². The van der Waals surface area contributed by atoms with Gasteiger partial charge >= 0.3 is 6.18 Å². The molecular weight excluding hydrogens is 401 g/mol. The molecule has 29 heavy (non-hydrogen) atoms. The highest BCUT2D eigenvalue weighted by atomic mass is 32.1. The number of pyridine rings is 1. The van der Waals surface area contributed by atoms with Crippen LogP contribution in [-0.2, 0) is 0 Å². The van der Waals surface area contributed by atoms with E-state index >= 15 is 0 Å². The lowest BCUT2D eigenvalue weighted by molar-refractivity contribution is -0.115. The van der Waals surface area contributed by atoms with Crippen LogP contribution in [0.25, 0.3) is 20.8 Å². The van der Waals surface area contributed by atoms with E-state index < -0.39 is 12.7 Å². The summed E-state index contributed by atoms with van der Waals surface area (Å²) in [6, 6.07) is 2.11. The molecule has 3 heterocycles. The Bertz CT molecular complexity index is 986. The Balaban J connectivity index is 1.73. The molecule has 2 atom stereocenters. The second-order valence-corrected chi connectivity index (χ2v) is 8.48. The van der Waals surface area contributed by atoms with Crippen molar-refractivity contribution in [1.29, 1.82) is 0 Å². The van der Waals surface area contributed by atoms with Gasteiger partial charge in [-0.25, -0.2) is 9.97 Å². The first kappa shape index (κ1) is 19.8. The van der Waals surface area contributed by atoms with Crippen LogP contribution in [0.3, 0.4) is 0 Å². The summed E-state index contributed by atoms with van der Waals surface area (Å²) in [6.07, 6.45) is 2.16. The summed E-state index contributed by atoms with van der Waals surface area (Å²) in [5.74, 6) is 1.09. The number of nitrogens with one attached hydrogen (secondary N) is 2. The van der Waals surface area contributed by atoms with E-state index in [1.807, 2.05) is 6.07 Å². The molecule has 1 aliphatic carbocycles. The Hall–Kier alpha value is -2.49. The van der Waals surface area contributed by atoms with Crippen molar-refractivity contribution in [3.05, 3.63) is 24.2 Å². The van der Waals surface area contributed by atoms with Crippen LogP contribution in [0.4, 0.5) is 24.9 Å². The van der Waals surface area contributed by atoms with E-state index in [9.17, 15) is 13.2 Å². The lowest BCUT2D eigenvalue weighted by Crippen LogP contribution is -2.23. The average Bonchev–Trinajstić information content (AvgIpc) is 3.25. The molecular formula is C19H21F3N6S. The average molecular weight is 422 g/mol. The molecule has 1 saturated carbocycles. The molecule has 3 aromatic heterocycles. The molecule has 10 heteroatoms. The largest absolute Gasteiger partial charge is 0.405 e. The van der Waals surface area contributed by atoms with Gasteiger partial charge in [0.25, 0.3) is 0 Å². The summed E-state index contributed by atoms with van der Waals surface area (Å²) in [6.45, 7) is 2.78. The molecule has 4 rings (SSSR count). The normalized spacial score (nSPS) is 19.6. The number of hydrogen-bond donors (Lipinski definition) is 2. The third-order valence-corrected chi connectivity index (χ3v) is 6.03. The van der Waals surface area contributed by atoms with E-state index in [1.54, 1.807) is 19.3 Å². The Kier molecular flexibility index (Phi) is 5.28. The number of hydrogen-bond acceptors (Lipinski definition) is 7. The molecule has 0 aliphatic heterocycles. The minimum Gasteiger partial charge on any atom is -0.367 e. The van der Waals surface area contributed by atoms with Crippen LogP contribution in [-0.4, -0.2) is 38.7 Å². The number of aromatic nitrogens is 4. The van der Waals surface area contributed by atoms with Gasteiger partial charge in [-0.1, -0.05) is 6.92 Å². The van der Waals surface area contributed by atoms with Crippen molar-refractivity contribution >= 4 is 33.3 Å². The van der Waals surface area contributed by atoms with Gasteiger partial charge in [-0.05, 0) is 38.2 Å².